The van der Waals surface area contributed by atoms with Crippen molar-refractivity contribution in [3.05, 3.63) is 41.3 Å². The second kappa shape index (κ2) is 7.04. The Hall–Kier alpha value is -2.01. The lowest BCUT2D eigenvalue weighted by atomic mass is 10.1. The zero-order chi connectivity index (χ0) is 16.2. The number of aryl methyl sites for hydroxylation is 1. The van der Waals surface area contributed by atoms with E-state index in [-0.39, 0.29) is 11.8 Å². The number of phenolic OH excluding ortho intramolecular Hbond substituents is 1. The van der Waals surface area contributed by atoms with E-state index >= 15 is 0 Å². The van der Waals surface area contributed by atoms with Gasteiger partial charge in [-0.15, -0.1) is 0 Å². The average Bonchev–Trinajstić information content (AvgIpc) is 2.84. The first-order valence-corrected chi connectivity index (χ1v) is 8.20. The molecular weight excluding hydrogens is 292 g/mol. The summed E-state index contributed by atoms with van der Waals surface area (Å²) in [5.41, 5.74) is 1.82. The molecule has 2 heterocycles. The van der Waals surface area contributed by atoms with E-state index in [9.17, 15) is 5.11 Å². The van der Waals surface area contributed by atoms with Crippen LogP contribution in [0, 0.1) is 6.92 Å². The fourth-order valence-electron chi connectivity index (χ4n) is 3.24. The fraction of sp³-hybridized carbons (Fsp3) is 0.500. The monoisotopic (exact) mass is 316 g/mol. The largest absolute Gasteiger partial charge is 0.507 e. The maximum atomic E-state index is 10.2. The predicted octanol–water partition coefficient (Wildman–Crippen LogP) is 3.81. The van der Waals surface area contributed by atoms with E-state index in [0.717, 1.165) is 30.0 Å². The molecule has 5 nitrogen and oxygen atoms in total. The predicted molar refractivity (Wildman–Crippen MR) is 87.5 cm³/mol. The van der Waals surface area contributed by atoms with Crippen LogP contribution in [0.3, 0.4) is 0 Å². The summed E-state index contributed by atoms with van der Waals surface area (Å²) in [7, 11) is 1.60. The number of rotatable bonds is 4. The fourth-order valence-corrected chi connectivity index (χ4v) is 3.24. The third kappa shape index (κ3) is 3.67. The number of phenols is 1. The minimum atomic E-state index is 0.222. The van der Waals surface area contributed by atoms with Crippen molar-refractivity contribution in [2.45, 2.75) is 45.2 Å². The van der Waals surface area contributed by atoms with Gasteiger partial charge in [0, 0.05) is 24.2 Å². The number of likely N-dealkylation sites (tertiary alicyclic amines) is 1. The lowest BCUT2D eigenvalue weighted by molar-refractivity contribution is 0.158. The first-order valence-electron chi connectivity index (χ1n) is 8.20. The molecule has 1 unspecified atom stereocenters. The summed E-state index contributed by atoms with van der Waals surface area (Å²) in [5, 5.41) is 14.3. The Kier molecular flexibility index (Phi) is 4.86. The van der Waals surface area contributed by atoms with Gasteiger partial charge in [0.25, 0.3) is 0 Å². The summed E-state index contributed by atoms with van der Waals surface area (Å²) < 4.78 is 10.7. The molecule has 1 aromatic carbocycles. The molecule has 1 saturated heterocycles. The lowest BCUT2D eigenvalue weighted by Crippen LogP contribution is -2.28. The maximum absolute atomic E-state index is 10.2. The second-order valence-electron chi connectivity index (χ2n) is 6.20. The van der Waals surface area contributed by atoms with E-state index in [2.05, 4.69) is 10.1 Å². The average molecular weight is 316 g/mol. The molecule has 124 valence electrons. The van der Waals surface area contributed by atoms with Crippen LogP contribution in [-0.4, -0.2) is 28.8 Å². The Morgan fingerprint density at radius 2 is 2.17 bits per heavy atom. The highest BCUT2D eigenvalue weighted by molar-refractivity contribution is 5.39. The molecule has 0 bridgehead atoms. The van der Waals surface area contributed by atoms with Gasteiger partial charge in [-0.3, -0.25) is 4.90 Å². The van der Waals surface area contributed by atoms with E-state index in [4.69, 9.17) is 9.26 Å². The third-order valence-corrected chi connectivity index (χ3v) is 4.50. The van der Waals surface area contributed by atoms with Crippen molar-refractivity contribution >= 4 is 0 Å². The van der Waals surface area contributed by atoms with Crippen molar-refractivity contribution in [1.82, 2.24) is 10.1 Å². The minimum Gasteiger partial charge on any atom is -0.507 e. The molecule has 5 heteroatoms. The molecule has 1 aliphatic rings. The Labute approximate surface area is 136 Å². The number of hydrogen-bond donors (Lipinski definition) is 1. The van der Waals surface area contributed by atoms with Gasteiger partial charge in [-0.2, -0.15) is 0 Å². The van der Waals surface area contributed by atoms with Gasteiger partial charge in [0.2, 0.25) is 0 Å². The summed E-state index contributed by atoms with van der Waals surface area (Å²) in [5.74, 6) is 1.88. The molecule has 1 aliphatic heterocycles. The maximum Gasteiger partial charge on any atom is 0.154 e. The van der Waals surface area contributed by atoms with E-state index in [1.54, 1.807) is 13.2 Å². The highest BCUT2D eigenvalue weighted by Crippen LogP contribution is 2.33. The van der Waals surface area contributed by atoms with E-state index in [1.165, 1.54) is 19.3 Å². The van der Waals surface area contributed by atoms with E-state index < -0.39 is 0 Å². The molecule has 0 radical (unpaired) electrons. The van der Waals surface area contributed by atoms with Crippen LogP contribution in [0.15, 0.2) is 28.8 Å². The minimum absolute atomic E-state index is 0.222. The number of methoxy groups -OCH3 is 1. The molecule has 1 atom stereocenters. The summed E-state index contributed by atoms with van der Waals surface area (Å²) in [6.45, 7) is 3.64. The number of aromatic hydroxyl groups is 1. The molecule has 1 aromatic heterocycles. The van der Waals surface area contributed by atoms with E-state index in [1.807, 2.05) is 25.1 Å². The van der Waals surface area contributed by atoms with Crippen LogP contribution < -0.4 is 4.74 Å². The Balaban J connectivity index is 1.82. The summed E-state index contributed by atoms with van der Waals surface area (Å²) in [4.78, 5) is 2.38. The third-order valence-electron chi connectivity index (χ3n) is 4.50. The van der Waals surface area contributed by atoms with Crippen molar-refractivity contribution < 1.29 is 14.4 Å². The van der Waals surface area contributed by atoms with Gasteiger partial charge < -0.3 is 14.4 Å². The number of aromatic nitrogens is 1. The van der Waals surface area contributed by atoms with Crippen molar-refractivity contribution in [2.75, 3.05) is 13.7 Å². The van der Waals surface area contributed by atoms with Gasteiger partial charge in [0.15, 0.2) is 5.76 Å². The van der Waals surface area contributed by atoms with Crippen molar-refractivity contribution in [1.29, 1.82) is 0 Å². The van der Waals surface area contributed by atoms with E-state index in [0.29, 0.717) is 12.3 Å². The van der Waals surface area contributed by atoms with Gasteiger partial charge in [0.05, 0.1) is 18.8 Å². The van der Waals surface area contributed by atoms with Crippen LogP contribution in [0.5, 0.6) is 11.5 Å². The van der Waals surface area contributed by atoms with Gasteiger partial charge in [0.1, 0.15) is 11.5 Å². The molecule has 0 amide bonds. The summed E-state index contributed by atoms with van der Waals surface area (Å²) in [6.07, 6.45) is 4.65. The Morgan fingerprint density at radius 3 is 2.87 bits per heavy atom. The first-order chi connectivity index (χ1) is 11.2. The number of hydrogen-bond acceptors (Lipinski definition) is 5. The van der Waals surface area contributed by atoms with Gasteiger partial charge in [-0.25, -0.2) is 0 Å². The summed E-state index contributed by atoms with van der Waals surface area (Å²) >= 11 is 0. The van der Waals surface area contributed by atoms with Crippen LogP contribution >= 0.6 is 0 Å². The number of benzene rings is 1. The molecule has 1 fully saturated rings. The lowest BCUT2D eigenvalue weighted by Gasteiger charge is -2.28. The molecule has 0 saturated carbocycles. The van der Waals surface area contributed by atoms with Crippen molar-refractivity contribution in [3.63, 3.8) is 0 Å². The Morgan fingerprint density at radius 1 is 1.30 bits per heavy atom. The molecule has 0 aliphatic carbocycles. The molecule has 23 heavy (non-hydrogen) atoms. The van der Waals surface area contributed by atoms with Crippen molar-refractivity contribution in [2.24, 2.45) is 0 Å². The normalized spacial score (nSPS) is 19.5. The Bertz CT molecular complexity index is 653. The molecular formula is C18H24N2O3. The van der Waals surface area contributed by atoms with Crippen LogP contribution in [-0.2, 0) is 6.54 Å². The number of ether oxygens (including phenoxy) is 1. The zero-order valence-corrected chi connectivity index (χ0v) is 13.8. The molecule has 0 spiro atoms. The standard InChI is InChI=1S/C18H24N2O3/c1-13-10-18(23-19-13)16-6-4-3-5-9-20(16)12-14-7-8-15(22-2)11-17(14)21/h7-8,10-11,16,21H,3-6,9,12H2,1-2H3. The van der Waals surface area contributed by atoms with Crippen LogP contribution in [0.2, 0.25) is 0 Å². The summed E-state index contributed by atoms with van der Waals surface area (Å²) in [6, 6.07) is 7.74. The van der Waals surface area contributed by atoms with Crippen LogP contribution in [0.4, 0.5) is 0 Å². The van der Waals surface area contributed by atoms with Gasteiger partial charge in [-0.05, 0) is 32.4 Å². The molecule has 3 rings (SSSR count). The highest BCUT2D eigenvalue weighted by atomic mass is 16.5. The number of nitrogens with zero attached hydrogens (tertiary/aromatic N) is 2. The van der Waals surface area contributed by atoms with Crippen molar-refractivity contribution in [3.8, 4) is 11.5 Å². The molecule has 1 N–H and O–H groups in total. The smallest absolute Gasteiger partial charge is 0.154 e. The SMILES string of the molecule is COc1ccc(CN2CCCCCC2c2cc(C)no2)c(O)c1. The molecule has 2 aromatic rings. The van der Waals surface area contributed by atoms with Gasteiger partial charge >= 0.3 is 0 Å². The van der Waals surface area contributed by atoms with Gasteiger partial charge in [-0.1, -0.05) is 24.1 Å². The second-order valence-corrected chi connectivity index (χ2v) is 6.20. The van der Waals surface area contributed by atoms with Crippen LogP contribution in [0.25, 0.3) is 0 Å². The highest BCUT2D eigenvalue weighted by Gasteiger charge is 2.26. The first kappa shape index (κ1) is 15.9. The van der Waals surface area contributed by atoms with Crippen LogP contribution in [0.1, 0.15) is 48.7 Å². The topological polar surface area (TPSA) is 58.7 Å². The quantitative estimate of drug-likeness (QED) is 0.929. The zero-order valence-electron chi connectivity index (χ0n) is 13.8.